The lowest BCUT2D eigenvalue weighted by atomic mass is 9.88. The van der Waals surface area contributed by atoms with Crippen LogP contribution in [0.2, 0.25) is 0 Å². The molecule has 0 spiro atoms. The number of piperidine rings is 1. The minimum atomic E-state index is -0.486. The van der Waals surface area contributed by atoms with Gasteiger partial charge in [0.25, 0.3) is 5.56 Å². The van der Waals surface area contributed by atoms with Crippen molar-refractivity contribution in [2.75, 3.05) is 45.2 Å². The van der Waals surface area contributed by atoms with Gasteiger partial charge in [-0.2, -0.15) is 0 Å². The molecule has 9 nitrogen and oxygen atoms in total. The van der Waals surface area contributed by atoms with Crippen molar-refractivity contribution in [1.82, 2.24) is 19.2 Å². The highest BCUT2D eigenvalue weighted by Crippen LogP contribution is 2.30. The predicted molar refractivity (Wildman–Crippen MR) is 159 cm³/mol. The first kappa shape index (κ1) is 28.4. The summed E-state index contributed by atoms with van der Waals surface area (Å²) in [5.74, 6) is 2.05. The van der Waals surface area contributed by atoms with Crippen molar-refractivity contribution in [2.45, 2.75) is 51.2 Å². The Balaban J connectivity index is 1.17. The van der Waals surface area contributed by atoms with Crippen LogP contribution in [-0.4, -0.2) is 76.8 Å². The molecule has 1 N–H and O–H groups in total. The summed E-state index contributed by atoms with van der Waals surface area (Å²) in [4.78, 5) is 33.9. The first-order chi connectivity index (χ1) is 19.1. The topological polar surface area (TPSA) is 88.4 Å². The zero-order valence-corrected chi connectivity index (χ0v) is 25.2. The maximum absolute atomic E-state index is 12.8. The van der Waals surface area contributed by atoms with Gasteiger partial charge in [-0.25, -0.2) is 9.78 Å². The van der Waals surface area contributed by atoms with Crippen molar-refractivity contribution >= 4 is 33.5 Å². The van der Waals surface area contributed by atoms with Crippen molar-refractivity contribution in [1.29, 1.82) is 0 Å². The largest absolute Gasteiger partial charge is 0.493 e. The van der Waals surface area contributed by atoms with E-state index in [9.17, 15) is 9.59 Å². The molecule has 1 unspecified atom stereocenters. The lowest BCUT2D eigenvalue weighted by Crippen LogP contribution is -2.43. The maximum Gasteiger partial charge on any atom is 0.410 e. The molecule has 0 bridgehead atoms. The van der Waals surface area contributed by atoms with Crippen molar-refractivity contribution in [2.24, 2.45) is 5.92 Å². The second-order valence-corrected chi connectivity index (χ2v) is 12.8. The van der Waals surface area contributed by atoms with E-state index in [0.29, 0.717) is 47.5 Å². The van der Waals surface area contributed by atoms with Crippen molar-refractivity contribution in [3.63, 3.8) is 0 Å². The van der Waals surface area contributed by atoms with E-state index in [2.05, 4.69) is 50.3 Å². The van der Waals surface area contributed by atoms with Gasteiger partial charge in [-0.1, -0.05) is 18.2 Å². The van der Waals surface area contributed by atoms with E-state index in [0.717, 1.165) is 31.7 Å². The molecule has 1 aromatic carbocycles. The van der Waals surface area contributed by atoms with Crippen LogP contribution in [0.1, 0.15) is 45.1 Å². The SMILES string of the molecule is CN1C[C@H](Nc2nc3ccccn3c(=O)c2Br)C[C@H](c2ccc(OCC3CCN(C(=O)OC(C)(C)C)C3)cc2)C1. The summed E-state index contributed by atoms with van der Waals surface area (Å²) in [6, 6.07) is 14.0. The zero-order valence-electron chi connectivity index (χ0n) is 23.6. The average molecular weight is 613 g/mol. The summed E-state index contributed by atoms with van der Waals surface area (Å²) in [6.07, 6.45) is 3.31. The second-order valence-electron chi connectivity index (χ2n) is 12.0. The molecule has 3 atom stereocenters. The highest BCUT2D eigenvalue weighted by Gasteiger charge is 2.30. The molecule has 2 aromatic heterocycles. The van der Waals surface area contributed by atoms with Crippen LogP contribution >= 0.6 is 15.9 Å². The molecular formula is C30H38BrN5O4. The Morgan fingerprint density at radius 3 is 2.65 bits per heavy atom. The summed E-state index contributed by atoms with van der Waals surface area (Å²) in [7, 11) is 2.12. The average Bonchev–Trinajstić information content (AvgIpc) is 3.39. The van der Waals surface area contributed by atoms with E-state index in [-0.39, 0.29) is 17.7 Å². The Morgan fingerprint density at radius 2 is 1.90 bits per heavy atom. The highest BCUT2D eigenvalue weighted by molar-refractivity contribution is 9.10. The number of anilines is 1. The number of fused-ring (bicyclic) bond motifs is 1. The number of hydrogen-bond donors (Lipinski definition) is 1. The fourth-order valence-corrected chi connectivity index (χ4v) is 5.93. The molecule has 0 radical (unpaired) electrons. The number of pyridine rings is 1. The third kappa shape index (κ3) is 6.78. The summed E-state index contributed by atoms with van der Waals surface area (Å²) < 4.78 is 13.6. The normalized spacial score (nSPS) is 21.9. The van der Waals surface area contributed by atoms with Crippen LogP contribution in [0, 0.1) is 5.92 Å². The Hall–Kier alpha value is -3.11. The third-order valence-corrected chi connectivity index (χ3v) is 8.14. The quantitative estimate of drug-likeness (QED) is 0.420. The van der Waals surface area contributed by atoms with Crippen LogP contribution in [0.15, 0.2) is 57.9 Å². The predicted octanol–water partition coefficient (Wildman–Crippen LogP) is 4.99. The van der Waals surface area contributed by atoms with Gasteiger partial charge in [-0.3, -0.25) is 9.20 Å². The van der Waals surface area contributed by atoms with E-state index >= 15 is 0 Å². The number of amides is 1. The lowest BCUT2D eigenvalue weighted by molar-refractivity contribution is 0.0285. The molecule has 0 saturated carbocycles. The van der Waals surface area contributed by atoms with Gasteiger partial charge in [0.15, 0.2) is 0 Å². The van der Waals surface area contributed by atoms with Crippen molar-refractivity contribution in [3.8, 4) is 5.75 Å². The number of hydrogen-bond acceptors (Lipinski definition) is 7. The number of aromatic nitrogens is 2. The van der Waals surface area contributed by atoms with Crippen LogP contribution < -0.4 is 15.6 Å². The molecule has 2 saturated heterocycles. The van der Waals surface area contributed by atoms with Crippen LogP contribution in [0.3, 0.4) is 0 Å². The molecular weight excluding hydrogens is 574 g/mol. The number of ether oxygens (including phenoxy) is 2. The number of carbonyl (C=O) groups is 1. The third-order valence-electron chi connectivity index (χ3n) is 7.43. The maximum atomic E-state index is 12.8. The number of nitrogens with one attached hydrogen (secondary N) is 1. The summed E-state index contributed by atoms with van der Waals surface area (Å²) in [6.45, 7) is 9.41. The van der Waals surface area contributed by atoms with Crippen LogP contribution in [0.5, 0.6) is 5.75 Å². The molecule has 10 heteroatoms. The Kier molecular flexibility index (Phi) is 8.37. The molecule has 5 rings (SSSR count). The number of nitrogens with zero attached hydrogens (tertiary/aromatic N) is 4. The van der Waals surface area contributed by atoms with Crippen LogP contribution in [0.25, 0.3) is 5.65 Å². The smallest absolute Gasteiger partial charge is 0.410 e. The molecule has 1 amide bonds. The number of halogens is 1. The minimum Gasteiger partial charge on any atom is -0.493 e. The minimum absolute atomic E-state index is 0.125. The molecule has 0 aliphatic carbocycles. The summed E-state index contributed by atoms with van der Waals surface area (Å²) in [5.41, 5.74) is 1.26. The van der Waals surface area contributed by atoms with Crippen LogP contribution in [-0.2, 0) is 4.74 Å². The Morgan fingerprint density at radius 1 is 1.12 bits per heavy atom. The van der Waals surface area contributed by atoms with Gasteiger partial charge >= 0.3 is 6.09 Å². The van der Waals surface area contributed by atoms with Gasteiger partial charge in [-0.15, -0.1) is 0 Å². The van der Waals surface area contributed by atoms with Gasteiger partial charge in [0.05, 0.1) is 6.61 Å². The van der Waals surface area contributed by atoms with E-state index in [1.165, 1.54) is 5.56 Å². The molecule has 40 heavy (non-hydrogen) atoms. The number of likely N-dealkylation sites (N-methyl/N-ethyl adjacent to an activating group) is 1. The highest BCUT2D eigenvalue weighted by atomic mass is 79.9. The van der Waals surface area contributed by atoms with Gasteiger partial charge in [0.2, 0.25) is 0 Å². The van der Waals surface area contributed by atoms with Crippen LogP contribution in [0.4, 0.5) is 10.6 Å². The first-order valence-electron chi connectivity index (χ1n) is 13.9. The van der Waals surface area contributed by atoms with Gasteiger partial charge < -0.3 is 24.6 Å². The Labute approximate surface area is 243 Å². The number of rotatable bonds is 6. The fourth-order valence-electron chi connectivity index (χ4n) is 5.53. The Bertz CT molecular complexity index is 1400. The van der Waals surface area contributed by atoms with Crippen molar-refractivity contribution in [3.05, 3.63) is 69.1 Å². The monoisotopic (exact) mass is 611 g/mol. The van der Waals surface area contributed by atoms with Crippen molar-refractivity contribution < 1.29 is 14.3 Å². The zero-order chi connectivity index (χ0) is 28.4. The number of carbonyl (C=O) groups excluding carboxylic acids is 1. The van der Waals surface area contributed by atoms with E-state index in [4.69, 9.17) is 9.47 Å². The molecule has 4 heterocycles. The van der Waals surface area contributed by atoms with Gasteiger partial charge in [0.1, 0.15) is 27.3 Å². The molecule has 2 fully saturated rings. The number of benzene rings is 1. The second kappa shape index (κ2) is 11.8. The standard InChI is InChI=1S/C30H38BrN5O4/c1-30(2,3)40-29(38)35-14-12-20(16-35)19-39-24-10-8-21(9-11-24)22-15-23(18-34(4)17-22)32-27-26(31)28(37)36-13-6-5-7-25(36)33-27/h5-11,13,20,22-23,32H,12,14-19H2,1-4H3/t20?,22-,23+/m0/s1. The molecule has 214 valence electrons. The van der Waals surface area contributed by atoms with Gasteiger partial charge in [0, 0.05) is 44.3 Å². The fraction of sp³-hybridized carbons (Fsp3) is 0.500. The summed E-state index contributed by atoms with van der Waals surface area (Å²) >= 11 is 3.46. The summed E-state index contributed by atoms with van der Waals surface area (Å²) in [5, 5.41) is 3.52. The first-order valence-corrected chi connectivity index (χ1v) is 14.7. The van der Waals surface area contributed by atoms with Gasteiger partial charge in [-0.05, 0) is 92.3 Å². The number of likely N-dealkylation sites (tertiary alicyclic amines) is 2. The van der Waals surface area contributed by atoms with E-state index in [1.54, 1.807) is 15.5 Å². The lowest BCUT2D eigenvalue weighted by Gasteiger charge is -2.36. The molecule has 2 aliphatic rings. The molecule has 2 aliphatic heterocycles. The van der Waals surface area contributed by atoms with E-state index < -0.39 is 5.60 Å². The molecule has 3 aromatic rings. The van der Waals surface area contributed by atoms with E-state index in [1.807, 2.05) is 51.1 Å².